The van der Waals surface area contributed by atoms with Crippen LogP contribution >= 0.6 is 0 Å². The van der Waals surface area contributed by atoms with E-state index in [2.05, 4.69) is 5.32 Å². The molecular formula is C15H26N2O3. The Morgan fingerprint density at radius 2 is 1.90 bits per heavy atom. The number of hydrogen-bond donors (Lipinski definition) is 3. The number of carboxylic acids is 1. The van der Waals surface area contributed by atoms with Crippen molar-refractivity contribution in [2.75, 3.05) is 6.54 Å². The SMILES string of the molecule is NC(CC(=O)NCC1(CC(=O)O)CCCCC1)C1CC1. The number of carboxylic acid groups (broad SMARTS) is 1. The summed E-state index contributed by atoms with van der Waals surface area (Å²) in [6, 6.07) is -0.0308. The maximum absolute atomic E-state index is 11.9. The highest BCUT2D eigenvalue weighted by Crippen LogP contribution is 2.39. The zero-order valence-corrected chi connectivity index (χ0v) is 12.1. The molecule has 0 heterocycles. The van der Waals surface area contributed by atoms with Gasteiger partial charge in [-0.2, -0.15) is 0 Å². The summed E-state index contributed by atoms with van der Waals surface area (Å²) in [5.74, 6) is -0.279. The Morgan fingerprint density at radius 3 is 2.45 bits per heavy atom. The van der Waals surface area contributed by atoms with Gasteiger partial charge < -0.3 is 16.2 Å². The number of amides is 1. The standard InChI is InChI=1S/C15H26N2O3/c16-12(11-4-5-11)8-13(18)17-10-15(9-14(19)20)6-2-1-3-7-15/h11-12H,1-10,16H2,(H,17,18)(H,19,20). The van der Waals surface area contributed by atoms with Gasteiger partial charge in [-0.1, -0.05) is 19.3 Å². The van der Waals surface area contributed by atoms with E-state index in [0.29, 0.717) is 18.9 Å². The molecule has 2 aliphatic carbocycles. The van der Waals surface area contributed by atoms with Crippen LogP contribution in [0.25, 0.3) is 0 Å². The first-order valence-corrected chi connectivity index (χ1v) is 7.75. The summed E-state index contributed by atoms with van der Waals surface area (Å²) in [6.45, 7) is 0.482. The van der Waals surface area contributed by atoms with Gasteiger partial charge in [-0.05, 0) is 37.0 Å². The zero-order chi connectivity index (χ0) is 14.6. The first-order valence-electron chi connectivity index (χ1n) is 7.75. The Morgan fingerprint density at radius 1 is 1.25 bits per heavy atom. The Hall–Kier alpha value is -1.10. The van der Waals surface area contributed by atoms with Crippen molar-refractivity contribution in [3.63, 3.8) is 0 Å². The van der Waals surface area contributed by atoms with Crippen LogP contribution in [-0.2, 0) is 9.59 Å². The van der Waals surface area contributed by atoms with E-state index < -0.39 is 5.97 Å². The maximum atomic E-state index is 11.9. The van der Waals surface area contributed by atoms with Gasteiger partial charge in [0, 0.05) is 19.0 Å². The molecule has 2 saturated carbocycles. The molecule has 2 aliphatic rings. The van der Waals surface area contributed by atoms with Crippen LogP contribution in [0.5, 0.6) is 0 Å². The van der Waals surface area contributed by atoms with Gasteiger partial charge in [0.05, 0.1) is 6.42 Å². The lowest BCUT2D eigenvalue weighted by Crippen LogP contribution is -2.42. The summed E-state index contributed by atoms with van der Waals surface area (Å²) in [7, 11) is 0. The quantitative estimate of drug-likeness (QED) is 0.662. The van der Waals surface area contributed by atoms with Gasteiger partial charge in [0.15, 0.2) is 0 Å². The van der Waals surface area contributed by atoms with E-state index in [1.807, 2.05) is 0 Å². The van der Waals surface area contributed by atoms with Crippen molar-refractivity contribution in [2.45, 2.75) is 63.8 Å². The lowest BCUT2D eigenvalue weighted by atomic mass is 9.71. The molecule has 0 aromatic rings. The van der Waals surface area contributed by atoms with E-state index >= 15 is 0 Å². The second kappa shape index (κ2) is 6.57. The molecule has 0 bridgehead atoms. The van der Waals surface area contributed by atoms with Crippen molar-refractivity contribution in [3.05, 3.63) is 0 Å². The minimum Gasteiger partial charge on any atom is -0.481 e. The van der Waals surface area contributed by atoms with Gasteiger partial charge in [-0.3, -0.25) is 9.59 Å². The summed E-state index contributed by atoms with van der Waals surface area (Å²) >= 11 is 0. The van der Waals surface area contributed by atoms with Crippen molar-refractivity contribution in [1.82, 2.24) is 5.32 Å². The van der Waals surface area contributed by atoms with Crippen LogP contribution in [0.3, 0.4) is 0 Å². The third kappa shape index (κ3) is 4.47. The van der Waals surface area contributed by atoms with Crippen molar-refractivity contribution in [3.8, 4) is 0 Å². The number of carbonyl (C=O) groups is 2. The van der Waals surface area contributed by atoms with Crippen molar-refractivity contribution in [2.24, 2.45) is 17.1 Å². The maximum Gasteiger partial charge on any atom is 0.303 e. The van der Waals surface area contributed by atoms with Crippen molar-refractivity contribution < 1.29 is 14.7 Å². The Balaban J connectivity index is 1.81. The lowest BCUT2D eigenvalue weighted by Gasteiger charge is -2.36. The minimum atomic E-state index is -0.768. The molecule has 20 heavy (non-hydrogen) atoms. The molecule has 0 spiro atoms. The third-order valence-corrected chi connectivity index (χ3v) is 4.75. The number of nitrogens with one attached hydrogen (secondary N) is 1. The molecule has 1 amide bonds. The summed E-state index contributed by atoms with van der Waals surface area (Å²) in [5, 5.41) is 12.0. The van der Waals surface area contributed by atoms with Crippen LogP contribution in [0, 0.1) is 11.3 Å². The zero-order valence-electron chi connectivity index (χ0n) is 12.1. The van der Waals surface area contributed by atoms with Crippen molar-refractivity contribution >= 4 is 11.9 Å². The number of aliphatic carboxylic acids is 1. The summed E-state index contributed by atoms with van der Waals surface area (Å²) in [4.78, 5) is 23.0. The highest BCUT2D eigenvalue weighted by Gasteiger charge is 2.35. The van der Waals surface area contributed by atoms with E-state index in [1.54, 1.807) is 0 Å². The number of rotatable bonds is 7. The molecule has 0 aliphatic heterocycles. The molecular weight excluding hydrogens is 256 g/mol. The normalized spacial score (nSPS) is 23.1. The van der Waals surface area contributed by atoms with Crippen LogP contribution in [0.4, 0.5) is 0 Å². The molecule has 0 radical (unpaired) electrons. The fraction of sp³-hybridized carbons (Fsp3) is 0.867. The second-order valence-corrected chi connectivity index (χ2v) is 6.61. The molecule has 5 nitrogen and oxygen atoms in total. The molecule has 0 saturated heterocycles. The van der Waals surface area contributed by atoms with E-state index in [-0.39, 0.29) is 23.8 Å². The lowest BCUT2D eigenvalue weighted by molar-refractivity contribution is -0.140. The van der Waals surface area contributed by atoms with Gasteiger partial charge >= 0.3 is 5.97 Å². The molecule has 4 N–H and O–H groups in total. The Labute approximate surface area is 120 Å². The van der Waals surface area contributed by atoms with Gasteiger partial charge in [-0.15, -0.1) is 0 Å². The van der Waals surface area contributed by atoms with E-state index in [0.717, 1.165) is 38.5 Å². The fourth-order valence-corrected chi connectivity index (χ4v) is 3.30. The van der Waals surface area contributed by atoms with Crippen molar-refractivity contribution in [1.29, 1.82) is 0 Å². The first-order chi connectivity index (χ1) is 9.51. The summed E-state index contributed by atoms with van der Waals surface area (Å²) in [6.07, 6.45) is 7.88. The fourth-order valence-electron chi connectivity index (χ4n) is 3.30. The Kier molecular flexibility index (Phi) is 5.02. The largest absolute Gasteiger partial charge is 0.481 e. The molecule has 2 rings (SSSR count). The van der Waals surface area contributed by atoms with Crippen LogP contribution in [-0.4, -0.2) is 29.6 Å². The van der Waals surface area contributed by atoms with Gasteiger partial charge in [-0.25, -0.2) is 0 Å². The van der Waals surface area contributed by atoms with Crippen LogP contribution in [0.15, 0.2) is 0 Å². The van der Waals surface area contributed by atoms with E-state index in [4.69, 9.17) is 10.8 Å². The third-order valence-electron chi connectivity index (χ3n) is 4.75. The summed E-state index contributed by atoms with van der Waals surface area (Å²) in [5.41, 5.74) is 5.70. The van der Waals surface area contributed by atoms with Crippen LogP contribution in [0.1, 0.15) is 57.8 Å². The number of hydrogen-bond acceptors (Lipinski definition) is 3. The average molecular weight is 282 g/mol. The van der Waals surface area contributed by atoms with Gasteiger partial charge in [0.1, 0.15) is 0 Å². The van der Waals surface area contributed by atoms with Gasteiger partial charge in [0.25, 0.3) is 0 Å². The number of nitrogens with two attached hydrogens (primary N) is 1. The molecule has 2 fully saturated rings. The monoisotopic (exact) mass is 282 g/mol. The Bertz CT molecular complexity index is 360. The van der Waals surface area contributed by atoms with E-state index in [1.165, 1.54) is 6.42 Å². The van der Waals surface area contributed by atoms with E-state index in [9.17, 15) is 9.59 Å². The molecule has 114 valence electrons. The topological polar surface area (TPSA) is 92.4 Å². The molecule has 0 aromatic heterocycles. The van der Waals surface area contributed by atoms with Gasteiger partial charge in [0.2, 0.25) is 5.91 Å². The second-order valence-electron chi connectivity index (χ2n) is 6.61. The predicted molar refractivity (Wildman–Crippen MR) is 76.1 cm³/mol. The molecule has 0 aromatic carbocycles. The highest BCUT2D eigenvalue weighted by molar-refractivity contribution is 5.76. The first kappa shape index (κ1) is 15.3. The molecule has 5 heteroatoms. The number of carbonyl (C=O) groups excluding carboxylic acids is 1. The predicted octanol–water partition coefficient (Wildman–Crippen LogP) is 1.66. The van der Waals surface area contributed by atoms with Crippen LogP contribution in [0.2, 0.25) is 0 Å². The van der Waals surface area contributed by atoms with Crippen LogP contribution < -0.4 is 11.1 Å². The average Bonchev–Trinajstić information content (AvgIpc) is 3.21. The smallest absolute Gasteiger partial charge is 0.303 e. The molecule has 1 unspecified atom stereocenters. The highest BCUT2D eigenvalue weighted by atomic mass is 16.4. The molecule has 1 atom stereocenters. The summed E-state index contributed by atoms with van der Waals surface area (Å²) < 4.78 is 0. The minimum absolute atomic E-state index is 0.0280.